The molecule has 0 aliphatic carbocycles. The standard InChI is InChI=1S/C26H23ClN2O3/c1-15-10-12-19(13-17(15)3)29-25(30)23(20-7-5-6-8-22(20)32-4)24(26(29)31)28-21-14-18(27)11-9-16(21)2/h5-14,28H,1-4H3. The predicted molar refractivity (Wildman–Crippen MR) is 128 cm³/mol. The molecule has 2 amide bonds. The summed E-state index contributed by atoms with van der Waals surface area (Å²) in [6, 6.07) is 18.1. The molecule has 3 aromatic rings. The topological polar surface area (TPSA) is 58.6 Å². The summed E-state index contributed by atoms with van der Waals surface area (Å²) in [5.74, 6) is -0.337. The largest absolute Gasteiger partial charge is 0.496 e. The van der Waals surface area contributed by atoms with E-state index in [4.69, 9.17) is 16.3 Å². The molecular formula is C26H23ClN2O3. The van der Waals surface area contributed by atoms with E-state index in [-0.39, 0.29) is 11.3 Å². The summed E-state index contributed by atoms with van der Waals surface area (Å²) >= 11 is 6.19. The number of carbonyl (C=O) groups excluding carboxylic acids is 2. The summed E-state index contributed by atoms with van der Waals surface area (Å²) in [5, 5.41) is 3.71. The van der Waals surface area contributed by atoms with Gasteiger partial charge in [0.2, 0.25) is 0 Å². The van der Waals surface area contributed by atoms with Crippen molar-refractivity contribution in [2.45, 2.75) is 20.8 Å². The first-order valence-electron chi connectivity index (χ1n) is 10.2. The van der Waals surface area contributed by atoms with Gasteiger partial charge < -0.3 is 10.1 Å². The summed E-state index contributed by atoms with van der Waals surface area (Å²) in [6.45, 7) is 5.84. The summed E-state index contributed by atoms with van der Waals surface area (Å²) in [7, 11) is 1.54. The lowest BCUT2D eigenvalue weighted by Gasteiger charge is -2.17. The first kappa shape index (κ1) is 21.7. The summed E-state index contributed by atoms with van der Waals surface area (Å²) in [5.41, 5.74) is 5.13. The molecular weight excluding hydrogens is 424 g/mol. The fourth-order valence-electron chi connectivity index (χ4n) is 3.71. The van der Waals surface area contributed by atoms with Gasteiger partial charge in [0.1, 0.15) is 11.4 Å². The maximum absolute atomic E-state index is 13.7. The summed E-state index contributed by atoms with van der Waals surface area (Å²) in [6.07, 6.45) is 0. The number of amides is 2. The second kappa shape index (κ2) is 8.52. The van der Waals surface area contributed by atoms with Crippen LogP contribution in [0.25, 0.3) is 5.57 Å². The van der Waals surface area contributed by atoms with Gasteiger partial charge in [0, 0.05) is 16.3 Å². The number of hydrogen-bond acceptors (Lipinski definition) is 4. The highest BCUT2D eigenvalue weighted by Gasteiger charge is 2.41. The van der Waals surface area contributed by atoms with Gasteiger partial charge in [-0.25, -0.2) is 4.90 Å². The molecule has 1 heterocycles. The highest BCUT2D eigenvalue weighted by Crippen LogP contribution is 2.38. The van der Waals surface area contributed by atoms with Gasteiger partial charge in [0.05, 0.1) is 18.4 Å². The van der Waals surface area contributed by atoms with E-state index < -0.39 is 11.8 Å². The number of nitrogens with one attached hydrogen (secondary N) is 1. The number of anilines is 2. The molecule has 5 nitrogen and oxygen atoms in total. The van der Waals surface area contributed by atoms with Gasteiger partial charge in [-0.1, -0.05) is 41.9 Å². The predicted octanol–water partition coefficient (Wildman–Crippen LogP) is 5.67. The number of halogens is 1. The number of rotatable bonds is 5. The van der Waals surface area contributed by atoms with E-state index in [0.717, 1.165) is 16.7 Å². The minimum absolute atomic E-state index is 0.183. The van der Waals surface area contributed by atoms with Crippen molar-refractivity contribution in [2.24, 2.45) is 0 Å². The van der Waals surface area contributed by atoms with Crippen molar-refractivity contribution in [3.8, 4) is 5.75 Å². The molecule has 0 fully saturated rings. The maximum Gasteiger partial charge on any atom is 0.282 e. The molecule has 0 saturated carbocycles. The van der Waals surface area contributed by atoms with E-state index in [1.54, 1.807) is 30.3 Å². The average molecular weight is 447 g/mol. The molecule has 0 spiro atoms. The lowest BCUT2D eigenvalue weighted by atomic mass is 10.0. The van der Waals surface area contributed by atoms with Crippen LogP contribution in [0.4, 0.5) is 11.4 Å². The molecule has 0 radical (unpaired) electrons. The molecule has 6 heteroatoms. The second-order valence-corrected chi connectivity index (χ2v) is 8.19. The number of imide groups is 1. The van der Waals surface area contributed by atoms with Crippen LogP contribution in [0.2, 0.25) is 5.02 Å². The van der Waals surface area contributed by atoms with Crippen LogP contribution in [0.3, 0.4) is 0 Å². The zero-order valence-electron chi connectivity index (χ0n) is 18.3. The van der Waals surface area contributed by atoms with Crippen molar-refractivity contribution in [2.75, 3.05) is 17.3 Å². The molecule has 0 atom stereocenters. The van der Waals surface area contributed by atoms with E-state index in [1.165, 1.54) is 12.0 Å². The molecule has 4 rings (SSSR count). The Kier molecular flexibility index (Phi) is 5.76. The van der Waals surface area contributed by atoms with Crippen LogP contribution < -0.4 is 15.0 Å². The molecule has 1 N–H and O–H groups in total. The SMILES string of the molecule is COc1ccccc1C1=C(Nc2cc(Cl)ccc2C)C(=O)N(c2ccc(C)c(C)c2)C1=O. The van der Waals surface area contributed by atoms with Gasteiger partial charge in [0.25, 0.3) is 11.8 Å². The zero-order valence-corrected chi connectivity index (χ0v) is 19.1. The monoisotopic (exact) mass is 446 g/mol. The maximum atomic E-state index is 13.7. The smallest absolute Gasteiger partial charge is 0.282 e. The van der Waals surface area contributed by atoms with E-state index >= 15 is 0 Å². The quantitative estimate of drug-likeness (QED) is 0.513. The van der Waals surface area contributed by atoms with Crippen molar-refractivity contribution in [3.63, 3.8) is 0 Å². The molecule has 3 aromatic carbocycles. The van der Waals surface area contributed by atoms with Gasteiger partial charge >= 0.3 is 0 Å². The first-order chi connectivity index (χ1) is 15.3. The Labute approximate surface area is 192 Å². The van der Waals surface area contributed by atoms with Gasteiger partial charge in [0.15, 0.2) is 0 Å². The fraction of sp³-hybridized carbons (Fsp3) is 0.154. The molecule has 32 heavy (non-hydrogen) atoms. The van der Waals surface area contributed by atoms with Crippen LogP contribution in [0.15, 0.2) is 66.4 Å². The molecule has 0 aromatic heterocycles. The highest BCUT2D eigenvalue weighted by atomic mass is 35.5. The van der Waals surface area contributed by atoms with Crippen molar-refractivity contribution >= 4 is 40.4 Å². The van der Waals surface area contributed by atoms with E-state index in [0.29, 0.717) is 27.7 Å². The van der Waals surface area contributed by atoms with Crippen molar-refractivity contribution in [1.29, 1.82) is 0 Å². The highest BCUT2D eigenvalue weighted by molar-refractivity contribution is 6.46. The third-order valence-electron chi connectivity index (χ3n) is 5.67. The van der Waals surface area contributed by atoms with Crippen LogP contribution >= 0.6 is 11.6 Å². The van der Waals surface area contributed by atoms with Gasteiger partial charge in [-0.15, -0.1) is 0 Å². The molecule has 162 valence electrons. The van der Waals surface area contributed by atoms with E-state index in [2.05, 4.69) is 5.32 Å². The number of aryl methyl sites for hydroxylation is 3. The molecule has 1 aliphatic heterocycles. The van der Waals surface area contributed by atoms with Gasteiger partial charge in [-0.05, 0) is 67.8 Å². The lowest BCUT2D eigenvalue weighted by molar-refractivity contribution is -0.120. The summed E-state index contributed by atoms with van der Waals surface area (Å²) < 4.78 is 5.49. The lowest BCUT2D eigenvalue weighted by Crippen LogP contribution is -2.32. The Morgan fingerprint density at radius 3 is 2.28 bits per heavy atom. The van der Waals surface area contributed by atoms with Crippen molar-refractivity contribution in [3.05, 3.63) is 93.6 Å². The van der Waals surface area contributed by atoms with Crippen LogP contribution in [0.1, 0.15) is 22.3 Å². The Balaban J connectivity index is 1.89. The number of hydrogen-bond donors (Lipinski definition) is 1. The summed E-state index contributed by atoms with van der Waals surface area (Å²) in [4.78, 5) is 28.5. The molecule has 1 aliphatic rings. The van der Waals surface area contributed by atoms with Gasteiger partial charge in [-0.3, -0.25) is 9.59 Å². The zero-order chi connectivity index (χ0) is 23.0. The molecule has 0 bridgehead atoms. The van der Waals surface area contributed by atoms with Crippen molar-refractivity contribution < 1.29 is 14.3 Å². The second-order valence-electron chi connectivity index (χ2n) is 7.75. The van der Waals surface area contributed by atoms with E-state index in [1.807, 2.05) is 51.1 Å². The number of benzene rings is 3. The minimum Gasteiger partial charge on any atom is -0.496 e. The third kappa shape index (κ3) is 3.76. The fourth-order valence-corrected chi connectivity index (χ4v) is 3.88. The van der Waals surface area contributed by atoms with Crippen molar-refractivity contribution in [1.82, 2.24) is 0 Å². The Morgan fingerprint density at radius 1 is 0.844 bits per heavy atom. The van der Waals surface area contributed by atoms with Crippen LogP contribution in [-0.4, -0.2) is 18.9 Å². The van der Waals surface area contributed by atoms with Crippen LogP contribution in [-0.2, 0) is 9.59 Å². The average Bonchev–Trinajstić information content (AvgIpc) is 3.02. The molecule has 0 saturated heterocycles. The normalized spacial score (nSPS) is 13.7. The van der Waals surface area contributed by atoms with Crippen LogP contribution in [0.5, 0.6) is 5.75 Å². The Morgan fingerprint density at radius 2 is 1.56 bits per heavy atom. The molecule has 0 unspecified atom stereocenters. The van der Waals surface area contributed by atoms with Gasteiger partial charge in [-0.2, -0.15) is 0 Å². The Hall–Kier alpha value is -3.57. The first-order valence-corrected chi connectivity index (χ1v) is 10.6. The number of nitrogens with zero attached hydrogens (tertiary/aromatic N) is 1. The van der Waals surface area contributed by atoms with E-state index in [9.17, 15) is 9.59 Å². The number of para-hydroxylation sites is 1. The Bertz CT molecular complexity index is 1280. The minimum atomic E-state index is -0.432. The van der Waals surface area contributed by atoms with Crippen LogP contribution in [0, 0.1) is 20.8 Å². The third-order valence-corrected chi connectivity index (χ3v) is 5.90. The number of carbonyl (C=O) groups is 2. The number of ether oxygens (including phenoxy) is 1. The number of methoxy groups -OCH3 is 1.